The number of carbonyl (C=O) groups is 2. The lowest BCUT2D eigenvalue weighted by molar-refractivity contribution is -0.229. The van der Waals surface area contributed by atoms with Gasteiger partial charge in [0.1, 0.15) is 5.56 Å². The lowest BCUT2D eigenvalue weighted by Gasteiger charge is -2.07. The molecule has 0 amide bonds. The smallest absolute Gasteiger partial charge is 0.242 e. The first-order valence-electron chi connectivity index (χ1n) is 6.92. The van der Waals surface area contributed by atoms with Gasteiger partial charge in [-0.2, -0.15) is 0 Å². The maximum Gasteiger partial charge on any atom is 0.392 e. The topological polar surface area (TPSA) is 52.6 Å². The monoisotopic (exact) mass is 372 g/mol. The Hall–Kier alpha value is -3.23. The Kier molecular flexibility index (Phi) is 5.71. The first kappa shape index (κ1) is 19.1. The molecule has 0 radical (unpaired) electrons. The SMILES string of the molecule is CC(=Cc1ccccc1)C(=O)OOC(=O)c1c(F)c(F)c(F)c(F)c1F. The molecule has 136 valence electrons. The molecule has 0 N–H and O–H groups in total. The van der Waals surface area contributed by atoms with Crippen LogP contribution in [0.3, 0.4) is 0 Å². The summed E-state index contributed by atoms with van der Waals surface area (Å²) in [6, 6.07) is 8.41. The molecule has 0 aliphatic carbocycles. The third-order valence-corrected chi connectivity index (χ3v) is 3.11. The Bertz CT molecular complexity index is 865. The highest BCUT2D eigenvalue weighted by Gasteiger charge is 2.32. The van der Waals surface area contributed by atoms with Gasteiger partial charge in [-0.15, -0.1) is 0 Å². The number of rotatable bonds is 3. The van der Waals surface area contributed by atoms with Crippen molar-refractivity contribution in [2.45, 2.75) is 6.92 Å². The van der Waals surface area contributed by atoms with Gasteiger partial charge in [0.15, 0.2) is 23.3 Å². The van der Waals surface area contributed by atoms with Gasteiger partial charge in [0.2, 0.25) is 5.82 Å². The van der Waals surface area contributed by atoms with Crippen LogP contribution in [-0.2, 0) is 14.6 Å². The van der Waals surface area contributed by atoms with Gasteiger partial charge in [-0.25, -0.2) is 41.3 Å². The largest absolute Gasteiger partial charge is 0.392 e. The van der Waals surface area contributed by atoms with E-state index in [4.69, 9.17) is 0 Å². The van der Waals surface area contributed by atoms with E-state index in [9.17, 15) is 31.5 Å². The second kappa shape index (κ2) is 7.77. The summed E-state index contributed by atoms with van der Waals surface area (Å²) in [6.07, 6.45) is 1.36. The van der Waals surface area contributed by atoms with Crippen LogP contribution in [0.5, 0.6) is 0 Å². The van der Waals surface area contributed by atoms with Crippen molar-refractivity contribution in [2.75, 3.05) is 0 Å². The molecule has 2 rings (SSSR count). The minimum Gasteiger partial charge on any atom is -0.242 e. The molecule has 0 heterocycles. The van der Waals surface area contributed by atoms with Gasteiger partial charge in [0.05, 0.1) is 0 Å². The molecule has 0 aromatic heterocycles. The summed E-state index contributed by atoms with van der Waals surface area (Å²) >= 11 is 0. The molecule has 0 saturated heterocycles. The van der Waals surface area contributed by atoms with Gasteiger partial charge in [-0.3, -0.25) is 0 Å². The molecule has 0 unspecified atom stereocenters. The molecule has 0 spiro atoms. The van der Waals surface area contributed by atoms with E-state index in [1.165, 1.54) is 13.0 Å². The molecule has 4 nitrogen and oxygen atoms in total. The van der Waals surface area contributed by atoms with E-state index in [2.05, 4.69) is 9.78 Å². The number of hydrogen-bond donors (Lipinski definition) is 0. The summed E-state index contributed by atoms with van der Waals surface area (Å²) in [7, 11) is 0. The molecule has 0 bridgehead atoms. The van der Waals surface area contributed by atoms with Gasteiger partial charge in [0.25, 0.3) is 0 Å². The van der Waals surface area contributed by atoms with E-state index in [1.807, 2.05) is 0 Å². The minimum atomic E-state index is -2.44. The fourth-order valence-electron chi connectivity index (χ4n) is 1.83. The maximum atomic E-state index is 13.4. The molecule has 0 atom stereocenters. The van der Waals surface area contributed by atoms with Gasteiger partial charge in [-0.05, 0) is 18.6 Å². The number of hydrogen-bond acceptors (Lipinski definition) is 4. The minimum absolute atomic E-state index is 0.0542. The van der Waals surface area contributed by atoms with Crippen molar-refractivity contribution in [1.82, 2.24) is 0 Å². The highest BCUT2D eigenvalue weighted by Crippen LogP contribution is 2.23. The summed E-state index contributed by atoms with van der Waals surface area (Å²) in [5.41, 5.74) is -1.33. The number of carbonyl (C=O) groups excluding carboxylic acids is 2. The molecule has 2 aromatic carbocycles. The summed E-state index contributed by atoms with van der Waals surface area (Å²) in [4.78, 5) is 31.2. The molecule has 2 aromatic rings. The van der Waals surface area contributed by atoms with E-state index >= 15 is 0 Å². The van der Waals surface area contributed by atoms with Crippen molar-refractivity contribution in [2.24, 2.45) is 0 Å². The van der Waals surface area contributed by atoms with Crippen LogP contribution in [0.25, 0.3) is 6.08 Å². The van der Waals surface area contributed by atoms with Crippen molar-refractivity contribution in [3.8, 4) is 0 Å². The van der Waals surface area contributed by atoms with Crippen LogP contribution in [-0.4, -0.2) is 11.9 Å². The fraction of sp³-hybridized carbons (Fsp3) is 0.0588. The third kappa shape index (κ3) is 3.88. The van der Waals surface area contributed by atoms with E-state index in [0.29, 0.717) is 5.56 Å². The van der Waals surface area contributed by atoms with Crippen LogP contribution >= 0.6 is 0 Å². The maximum absolute atomic E-state index is 13.4. The Balaban J connectivity index is 2.14. The highest BCUT2D eigenvalue weighted by molar-refractivity contribution is 5.94. The molecule has 0 aliphatic rings. The van der Waals surface area contributed by atoms with Crippen LogP contribution in [0, 0.1) is 29.1 Å². The van der Waals surface area contributed by atoms with Crippen LogP contribution in [0.15, 0.2) is 35.9 Å². The van der Waals surface area contributed by atoms with Gasteiger partial charge in [0, 0.05) is 5.57 Å². The van der Waals surface area contributed by atoms with E-state index in [1.54, 1.807) is 30.3 Å². The first-order valence-corrected chi connectivity index (χ1v) is 6.92. The van der Waals surface area contributed by atoms with Crippen molar-refractivity contribution in [3.63, 3.8) is 0 Å². The molecular weight excluding hydrogens is 363 g/mol. The second-order valence-corrected chi connectivity index (χ2v) is 4.92. The van der Waals surface area contributed by atoms with Crippen LogP contribution in [0.1, 0.15) is 22.8 Å². The van der Waals surface area contributed by atoms with Crippen LogP contribution in [0.2, 0.25) is 0 Å². The van der Waals surface area contributed by atoms with Crippen molar-refractivity contribution in [3.05, 3.63) is 76.1 Å². The molecule has 9 heteroatoms. The lowest BCUT2D eigenvalue weighted by Crippen LogP contribution is -2.17. The predicted molar refractivity (Wildman–Crippen MR) is 77.8 cm³/mol. The van der Waals surface area contributed by atoms with Gasteiger partial charge in [-0.1, -0.05) is 30.3 Å². The van der Waals surface area contributed by atoms with Crippen LogP contribution < -0.4 is 0 Å². The highest BCUT2D eigenvalue weighted by atomic mass is 19.2. The molecule has 0 aliphatic heterocycles. The zero-order valence-electron chi connectivity index (χ0n) is 13.0. The normalized spacial score (nSPS) is 11.2. The zero-order chi connectivity index (χ0) is 19.4. The van der Waals surface area contributed by atoms with Crippen molar-refractivity contribution < 1.29 is 41.3 Å². The Morgan fingerprint density at radius 3 is 1.85 bits per heavy atom. The summed E-state index contributed by atoms with van der Waals surface area (Å²) in [6.45, 7) is 1.29. The van der Waals surface area contributed by atoms with E-state index in [-0.39, 0.29) is 5.57 Å². The first-order chi connectivity index (χ1) is 12.2. The summed E-state index contributed by atoms with van der Waals surface area (Å²) in [5, 5.41) is 0. The van der Waals surface area contributed by atoms with Crippen LogP contribution in [0.4, 0.5) is 22.0 Å². The standard InChI is InChI=1S/C17H9F5O4/c1-8(7-9-5-3-2-4-6-9)16(23)25-26-17(24)10-11(18)13(20)15(22)14(21)12(10)19/h2-7H,1H3. The van der Waals surface area contributed by atoms with Crippen molar-refractivity contribution in [1.29, 1.82) is 0 Å². The summed E-state index contributed by atoms with van der Waals surface area (Å²) in [5.74, 6) is -15.2. The summed E-state index contributed by atoms with van der Waals surface area (Å²) < 4.78 is 65.9. The lowest BCUT2D eigenvalue weighted by atomic mass is 10.1. The number of halogens is 5. The Labute approximate surface area is 143 Å². The molecular formula is C17H9F5O4. The third-order valence-electron chi connectivity index (χ3n) is 3.11. The Morgan fingerprint density at radius 1 is 0.808 bits per heavy atom. The van der Waals surface area contributed by atoms with E-state index in [0.717, 1.165) is 0 Å². The fourth-order valence-corrected chi connectivity index (χ4v) is 1.83. The average Bonchev–Trinajstić information content (AvgIpc) is 2.63. The van der Waals surface area contributed by atoms with Gasteiger partial charge >= 0.3 is 11.9 Å². The molecule has 26 heavy (non-hydrogen) atoms. The Morgan fingerprint density at radius 2 is 1.31 bits per heavy atom. The average molecular weight is 372 g/mol. The predicted octanol–water partition coefficient (Wildman–Crippen LogP) is 4.10. The molecule has 0 fully saturated rings. The quantitative estimate of drug-likeness (QED) is 0.203. The van der Waals surface area contributed by atoms with Gasteiger partial charge < -0.3 is 0 Å². The van der Waals surface area contributed by atoms with Crippen molar-refractivity contribution >= 4 is 18.0 Å². The van der Waals surface area contributed by atoms with E-state index < -0.39 is 46.6 Å². The molecule has 0 saturated carbocycles. The number of benzene rings is 2. The zero-order valence-corrected chi connectivity index (χ0v) is 13.0. The second-order valence-electron chi connectivity index (χ2n) is 4.92.